The molecule has 0 radical (unpaired) electrons. The van der Waals surface area contributed by atoms with E-state index in [1.807, 2.05) is 13.8 Å². The van der Waals surface area contributed by atoms with Gasteiger partial charge in [-0.25, -0.2) is 5.48 Å². The molecule has 0 bridgehead atoms. The summed E-state index contributed by atoms with van der Waals surface area (Å²) in [5.74, 6) is -0.627. The lowest BCUT2D eigenvalue weighted by Crippen LogP contribution is -2.19. The Hall–Kier alpha value is -1.16. The fraction of sp³-hybridized carbons (Fsp3) is 0.333. The Labute approximate surface area is 59.2 Å². The molecule has 0 atom stereocenters. The number of aliphatic imine (C=N–C) groups is 1. The van der Waals surface area contributed by atoms with E-state index < -0.39 is 5.91 Å². The highest BCUT2D eigenvalue weighted by atomic mass is 16.5. The molecule has 10 heavy (non-hydrogen) atoms. The van der Waals surface area contributed by atoms with Gasteiger partial charge in [0.1, 0.15) is 0 Å². The predicted molar refractivity (Wildman–Crippen MR) is 37.9 cm³/mol. The van der Waals surface area contributed by atoms with Crippen LogP contribution in [0.15, 0.2) is 16.8 Å². The normalized spacial score (nSPS) is 9.50. The second kappa shape index (κ2) is 4.69. The fourth-order valence-electron chi connectivity index (χ4n) is 0.283. The van der Waals surface area contributed by atoms with E-state index in [-0.39, 0.29) is 0 Å². The standard InChI is InChI=1S/C6H10N2O2/c1-5(2)3-7-4-6(9)8-10/h3-4,10H,1-2H3,(H,8,9). The molecule has 0 aromatic carbocycles. The Morgan fingerprint density at radius 3 is 2.60 bits per heavy atom. The minimum absolute atomic E-state index is 0.627. The van der Waals surface area contributed by atoms with Crippen LogP contribution in [0.5, 0.6) is 0 Å². The van der Waals surface area contributed by atoms with Crippen LogP contribution < -0.4 is 5.48 Å². The summed E-state index contributed by atoms with van der Waals surface area (Å²) in [5, 5.41) is 7.99. The number of carbonyl (C=O) groups is 1. The lowest BCUT2D eigenvalue weighted by atomic mass is 10.4. The maximum Gasteiger partial charge on any atom is 0.285 e. The van der Waals surface area contributed by atoms with Crippen molar-refractivity contribution < 1.29 is 10.0 Å². The molecule has 0 saturated heterocycles. The molecule has 4 heteroatoms. The maximum atomic E-state index is 10.3. The van der Waals surface area contributed by atoms with Gasteiger partial charge in [0.2, 0.25) is 0 Å². The number of nitrogens with zero attached hydrogens (tertiary/aromatic N) is 1. The summed E-state index contributed by atoms with van der Waals surface area (Å²) >= 11 is 0. The summed E-state index contributed by atoms with van der Waals surface area (Å²) in [4.78, 5) is 13.8. The van der Waals surface area contributed by atoms with Crippen molar-refractivity contribution in [3.05, 3.63) is 11.8 Å². The number of hydrogen-bond acceptors (Lipinski definition) is 3. The third-order valence-electron chi connectivity index (χ3n) is 0.635. The first-order chi connectivity index (χ1) is 4.66. The van der Waals surface area contributed by atoms with Gasteiger partial charge in [0.15, 0.2) is 0 Å². The number of amides is 1. The monoisotopic (exact) mass is 142 g/mol. The zero-order valence-electron chi connectivity index (χ0n) is 5.96. The predicted octanol–water partition coefficient (Wildman–Crippen LogP) is 0.486. The van der Waals surface area contributed by atoms with Crippen molar-refractivity contribution in [3.63, 3.8) is 0 Å². The number of allylic oxidation sites excluding steroid dienone is 1. The van der Waals surface area contributed by atoms with E-state index in [1.165, 1.54) is 11.7 Å². The Bertz CT molecular complexity index is 169. The summed E-state index contributed by atoms with van der Waals surface area (Å²) in [6, 6.07) is 0. The molecular formula is C6H10N2O2. The molecule has 0 aliphatic carbocycles. The maximum absolute atomic E-state index is 10.3. The summed E-state index contributed by atoms with van der Waals surface area (Å²) in [5.41, 5.74) is 2.41. The van der Waals surface area contributed by atoms with Crippen LogP contribution in [0.1, 0.15) is 13.8 Å². The van der Waals surface area contributed by atoms with Gasteiger partial charge in [-0.05, 0) is 13.8 Å². The van der Waals surface area contributed by atoms with Crippen molar-refractivity contribution in [3.8, 4) is 0 Å². The smallest absolute Gasteiger partial charge is 0.285 e. The fourth-order valence-corrected chi connectivity index (χ4v) is 0.283. The molecule has 0 aliphatic heterocycles. The molecule has 0 heterocycles. The largest absolute Gasteiger partial charge is 0.288 e. The minimum atomic E-state index is -0.627. The second-order valence-corrected chi connectivity index (χ2v) is 1.96. The van der Waals surface area contributed by atoms with Crippen LogP contribution >= 0.6 is 0 Å². The highest BCUT2D eigenvalue weighted by Gasteiger charge is 1.86. The molecule has 0 fully saturated rings. The Kier molecular flexibility index (Phi) is 4.15. The average Bonchev–Trinajstić information content (AvgIpc) is 1.87. The number of hydrogen-bond donors (Lipinski definition) is 2. The Morgan fingerprint density at radius 1 is 1.60 bits per heavy atom. The molecule has 4 nitrogen and oxygen atoms in total. The Morgan fingerprint density at radius 2 is 2.20 bits per heavy atom. The molecule has 1 amide bonds. The summed E-state index contributed by atoms with van der Waals surface area (Å²) in [7, 11) is 0. The molecule has 56 valence electrons. The van der Waals surface area contributed by atoms with Crippen LogP contribution in [0.25, 0.3) is 0 Å². The molecule has 0 rings (SSSR count). The zero-order chi connectivity index (χ0) is 7.98. The molecule has 2 N–H and O–H groups in total. The quantitative estimate of drug-likeness (QED) is 0.335. The number of hydroxylamine groups is 1. The van der Waals surface area contributed by atoms with Crippen molar-refractivity contribution in [2.75, 3.05) is 0 Å². The van der Waals surface area contributed by atoms with E-state index in [0.29, 0.717) is 0 Å². The second-order valence-electron chi connectivity index (χ2n) is 1.96. The molecular weight excluding hydrogens is 132 g/mol. The first kappa shape index (κ1) is 8.84. The molecule has 0 unspecified atom stereocenters. The average molecular weight is 142 g/mol. The van der Waals surface area contributed by atoms with Crippen molar-refractivity contribution in [1.29, 1.82) is 0 Å². The lowest BCUT2D eigenvalue weighted by Gasteiger charge is -1.85. The third kappa shape index (κ3) is 4.99. The third-order valence-corrected chi connectivity index (χ3v) is 0.635. The van der Waals surface area contributed by atoms with Gasteiger partial charge in [0, 0.05) is 6.20 Å². The highest BCUT2D eigenvalue weighted by molar-refractivity contribution is 6.25. The number of rotatable bonds is 2. The van der Waals surface area contributed by atoms with Crippen LogP contribution in [-0.4, -0.2) is 17.3 Å². The number of nitrogens with one attached hydrogen (secondary N) is 1. The van der Waals surface area contributed by atoms with Crippen molar-refractivity contribution in [2.45, 2.75) is 13.8 Å². The molecule has 0 saturated carbocycles. The van der Waals surface area contributed by atoms with Crippen LogP contribution in [0.4, 0.5) is 0 Å². The van der Waals surface area contributed by atoms with E-state index in [1.54, 1.807) is 0 Å². The van der Waals surface area contributed by atoms with Crippen LogP contribution in [0, 0.1) is 0 Å². The molecule has 0 aliphatic rings. The van der Waals surface area contributed by atoms with Crippen molar-refractivity contribution >= 4 is 12.1 Å². The van der Waals surface area contributed by atoms with Gasteiger partial charge in [-0.3, -0.25) is 15.0 Å². The molecule has 0 spiro atoms. The van der Waals surface area contributed by atoms with E-state index in [4.69, 9.17) is 5.21 Å². The zero-order valence-corrected chi connectivity index (χ0v) is 5.96. The van der Waals surface area contributed by atoms with E-state index in [9.17, 15) is 4.79 Å². The summed E-state index contributed by atoms with van der Waals surface area (Å²) in [6.07, 6.45) is 2.52. The van der Waals surface area contributed by atoms with Gasteiger partial charge in [0.25, 0.3) is 5.91 Å². The molecule has 0 aromatic heterocycles. The van der Waals surface area contributed by atoms with Gasteiger partial charge in [-0.2, -0.15) is 0 Å². The van der Waals surface area contributed by atoms with Gasteiger partial charge >= 0.3 is 0 Å². The minimum Gasteiger partial charge on any atom is -0.288 e. The van der Waals surface area contributed by atoms with Crippen molar-refractivity contribution in [1.82, 2.24) is 5.48 Å². The summed E-state index contributed by atoms with van der Waals surface area (Å²) < 4.78 is 0. The topological polar surface area (TPSA) is 61.7 Å². The first-order valence-corrected chi connectivity index (χ1v) is 2.77. The van der Waals surface area contributed by atoms with Crippen molar-refractivity contribution in [2.24, 2.45) is 4.99 Å². The van der Waals surface area contributed by atoms with E-state index in [0.717, 1.165) is 11.8 Å². The number of carbonyl (C=O) groups excluding carboxylic acids is 1. The molecule has 0 aromatic rings. The van der Waals surface area contributed by atoms with Crippen LogP contribution in [-0.2, 0) is 4.79 Å². The lowest BCUT2D eigenvalue weighted by molar-refractivity contribution is -0.121. The van der Waals surface area contributed by atoms with E-state index >= 15 is 0 Å². The van der Waals surface area contributed by atoms with Gasteiger partial charge in [-0.1, -0.05) is 5.57 Å². The van der Waals surface area contributed by atoms with Crippen LogP contribution in [0.2, 0.25) is 0 Å². The van der Waals surface area contributed by atoms with Gasteiger partial charge in [-0.15, -0.1) is 0 Å². The highest BCUT2D eigenvalue weighted by Crippen LogP contribution is 1.86. The SMILES string of the molecule is CC(C)=CN=CC(=O)NO. The first-order valence-electron chi connectivity index (χ1n) is 2.77. The Balaban J connectivity index is 3.77. The van der Waals surface area contributed by atoms with E-state index in [2.05, 4.69) is 4.99 Å². The van der Waals surface area contributed by atoms with Gasteiger partial charge < -0.3 is 0 Å². The van der Waals surface area contributed by atoms with Gasteiger partial charge in [0.05, 0.1) is 6.21 Å². The summed E-state index contributed by atoms with van der Waals surface area (Å²) in [6.45, 7) is 3.71. The van der Waals surface area contributed by atoms with Crippen LogP contribution in [0.3, 0.4) is 0 Å².